The second kappa shape index (κ2) is 4.09. The highest BCUT2D eigenvalue weighted by molar-refractivity contribution is 6.51. The average Bonchev–Trinajstić information content (AvgIpc) is 2.84. The Morgan fingerprint density at radius 3 is 1.83 bits per heavy atom. The zero-order chi connectivity index (χ0) is 12.6. The summed E-state index contributed by atoms with van der Waals surface area (Å²) in [6, 6.07) is 18.1. The third-order valence-electron chi connectivity index (χ3n) is 3.42. The molecule has 0 fully saturated rings. The average molecular weight is 238 g/mol. The molecule has 1 aliphatic rings. The van der Waals surface area contributed by atoms with Crippen molar-refractivity contribution in [2.75, 3.05) is 0 Å². The quantitative estimate of drug-likeness (QED) is 0.746. The summed E-state index contributed by atoms with van der Waals surface area (Å²) in [4.78, 5) is 0. The van der Waals surface area contributed by atoms with Crippen LogP contribution in [-0.4, -0.2) is 7.12 Å². The predicted octanol–water partition coefficient (Wildman–Crippen LogP) is 3.46. The van der Waals surface area contributed by atoms with E-state index in [4.69, 9.17) is 9.31 Å². The number of hydrogen-bond donors (Lipinski definition) is 0. The molecule has 0 atom stereocenters. The van der Waals surface area contributed by atoms with Crippen LogP contribution >= 0.6 is 0 Å². The van der Waals surface area contributed by atoms with Crippen LogP contribution < -0.4 is 9.31 Å². The minimum atomic E-state index is -0.280. The Balaban J connectivity index is 1.90. The van der Waals surface area contributed by atoms with Gasteiger partial charge >= 0.3 is 7.12 Å². The molecule has 90 valence electrons. The Morgan fingerprint density at radius 2 is 1.28 bits per heavy atom. The van der Waals surface area contributed by atoms with E-state index in [9.17, 15) is 0 Å². The van der Waals surface area contributed by atoms with Crippen LogP contribution in [0, 0.1) is 0 Å². The van der Waals surface area contributed by atoms with Gasteiger partial charge in [-0.05, 0) is 17.7 Å². The number of benzene rings is 2. The molecule has 1 aliphatic heterocycles. The van der Waals surface area contributed by atoms with Crippen LogP contribution in [0.15, 0.2) is 54.6 Å². The van der Waals surface area contributed by atoms with E-state index in [0.29, 0.717) is 0 Å². The summed E-state index contributed by atoms with van der Waals surface area (Å²) in [7, 11) is -0.280. The molecule has 0 saturated heterocycles. The van der Waals surface area contributed by atoms with Crippen LogP contribution in [0.3, 0.4) is 0 Å². The Morgan fingerprint density at radius 1 is 0.778 bits per heavy atom. The normalized spacial score (nSPS) is 13.8. The van der Waals surface area contributed by atoms with E-state index in [1.807, 2.05) is 42.5 Å². The molecule has 3 rings (SSSR count). The van der Waals surface area contributed by atoms with Gasteiger partial charge < -0.3 is 9.31 Å². The van der Waals surface area contributed by atoms with Gasteiger partial charge in [-0.2, -0.15) is 0 Å². The Hall–Kier alpha value is -1.90. The highest BCUT2D eigenvalue weighted by Crippen LogP contribution is 2.38. The Labute approximate surface area is 108 Å². The van der Waals surface area contributed by atoms with E-state index in [2.05, 4.69) is 26.0 Å². The number of fused-ring (bicyclic) bond motifs is 1. The van der Waals surface area contributed by atoms with Crippen molar-refractivity contribution in [2.24, 2.45) is 0 Å². The standard InChI is InChI=1S/C15H15BO2/c1-15(2,12-8-4-3-5-9-12)16-17-13-10-6-7-11-14(13)18-16/h3-11H,1-2H3. The number of hydrogen-bond acceptors (Lipinski definition) is 2. The van der Waals surface area contributed by atoms with Crippen LogP contribution in [-0.2, 0) is 5.31 Å². The van der Waals surface area contributed by atoms with E-state index in [0.717, 1.165) is 11.5 Å². The maximum atomic E-state index is 5.90. The third-order valence-corrected chi connectivity index (χ3v) is 3.42. The molecule has 0 saturated carbocycles. The van der Waals surface area contributed by atoms with Gasteiger partial charge in [-0.3, -0.25) is 0 Å². The van der Waals surface area contributed by atoms with Gasteiger partial charge in [-0.25, -0.2) is 0 Å². The van der Waals surface area contributed by atoms with Crippen molar-refractivity contribution in [3.63, 3.8) is 0 Å². The van der Waals surface area contributed by atoms with Crippen molar-refractivity contribution in [3.05, 3.63) is 60.2 Å². The molecule has 0 aliphatic carbocycles. The smallest absolute Gasteiger partial charge is 0.523 e. The molecule has 0 spiro atoms. The first-order valence-corrected chi connectivity index (χ1v) is 6.16. The molecular formula is C15H15BO2. The van der Waals surface area contributed by atoms with E-state index in [1.54, 1.807) is 0 Å². The highest BCUT2D eigenvalue weighted by atomic mass is 16.6. The van der Waals surface area contributed by atoms with Gasteiger partial charge in [0.1, 0.15) is 11.5 Å². The maximum absolute atomic E-state index is 5.90. The molecular weight excluding hydrogens is 223 g/mol. The molecule has 0 unspecified atom stereocenters. The molecule has 2 aromatic carbocycles. The highest BCUT2D eigenvalue weighted by Gasteiger charge is 2.47. The van der Waals surface area contributed by atoms with Crippen molar-refractivity contribution in [1.29, 1.82) is 0 Å². The summed E-state index contributed by atoms with van der Waals surface area (Å²) in [6.45, 7) is 4.28. The van der Waals surface area contributed by atoms with E-state index < -0.39 is 0 Å². The monoisotopic (exact) mass is 238 g/mol. The fraction of sp³-hybridized carbons (Fsp3) is 0.200. The molecule has 0 aromatic heterocycles. The second-order valence-electron chi connectivity index (χ2n) is 5.10. The first kappa shape index (κ1) is 11.2. The van der Waals surface area contributed by atoms with Crippen molar-refractivity contribution in [2.45, 2.75) is 19.2 Å². The molecule has 0 radical (unpaired) electrons. The van der Waals surface area contributed by atoms with Crippen LogP contribution in [0.2, 0.25) is 0 Å². The molecule has 0 amide bonds. The second-order valence-corrected chi connectivity index (χ2v) is 5.10. The molecule has 3 heteroatoms. The SMILES string of the molecule is CC(C)(B1Oc2ccccc2O1)c1ccccc1. The number of para-hydroxylation sites is 2. The van der Waals surface area contributed by atoms with Crippen molar-refractivity contribution in [1.82, 2.24) is 0 Å². The Bertz CT molecular complexity index is 526. The lowest BCUT2D eigenvalue weighted by Crippen LogP contribution is -2.45. The fourth-order valence-electron chi connectivity index (χ4n) is 2.20. The van der Waals surface area contributed by atoms with E-state index >= 15 is 0 Å². The van der Waals surface area contributed by atoms with E-state index in [1.165, 1.54) is 5.56 Å². The fourth-order valence-corrected chi connectivity index (χ4v) is 2.20. The third kappa shape index (κ3) is 1.76. The van der Waals surface area contributed by atoms with Crippen molar-refractivity contribution < 1.29 is 9.31 Å². The summed E-state index contributed by atoms with van der Waals surface area (Å²) in [6.07, 6.45) is 0. The number of rotatable bonds is 2. The van der Waals surface area contributed by atoms with Gasteiger partial charge in [0.15, 0.2) is 0 Å². The van der Waals surface area contributed by atoms with Gasteiger partial charge in [-0.15, -0.1) is 0 Å². The summed E-state index contributed by atoms with van der Waals surface area (Å²) < 4.78 is 11.8. The topological polar surface area (TPSA) is 18.5 Å². The molecule has 2 nitrogen and oxygen atoms in total. The summed E-state index contributed by atoms with van der Waals surface area (Å²) in [5.41, 5.74) is 1.21. The zero-order valence-corrected chi connectivity index (χ0v) is 10.6. The summed E-state index contributed by atoms with van der Waals surface area (Å²) >= 11 is 0. The molecule has 18 heavy (non-hydrogen) atoms. The van der Waals surface area contributed by atoms with Gasteiger partial charge in [0.05, 0.1) is 5.31 Å². The molecule has 0 bridgehead atoms. The molecule has 2 aromatic rings. The van der Waals surface area contributed by atoms with Crippen molar-refractivity contribution in [3.8, 4) is 11.5 Å². The zero-order valence-electron chi connectivity index (χ0n) is 10.6. The van der Waals surface area contributed by atoms with Gasteiger partial charge in [-0.1, -0.05) is 56.3 Å². The van der Waals surface area contributed by atoms with Crippen LogP contribution in [0.4, 0.5) is 0 Å². The van der Waals surface area contributed by atoms with Crippen LogP contribution in [0.25, 0.3) is 0 Å². The first-order chi connectivity index (χ1) is 8.68. The maximum Gasteiger partial charge on any atom is 0.605 e. The lowest BCUT2D eigenvalue weighted by molar-refractivity contribution is 0.437. The van der Waals surface area contributed by atoms with Crippen LogP contribution in [0.1, 0.15) is 19.4 Å². The predicted molar refractivity (Wildman–Crippen MR) is 72.9 cm³/mol. The summed E-state index contributed by atoms with van der Waals surface area (Å²) in [5, 5.41) is -0.194. The lowest BCUT2D eigenvalue weighted by atomic mass is 9.56. The minimum absolute atomic E-state index is 0.194. The minimum Gasteiger partial charge on any atom is -0.523 e. The lowest BCUT2D eigenvalue weighted by Gasteiger charge is -2.25. The first-order valence-electron chi connectivity index (χ1n) is 6.16. The summed E-state index contributed by atoms with van der Waals surface area (Å²) in [5.74, 6) is 1.65. The van der Waals surface area contributed by atoms with Gasteiger partial charge in [0, 0.05) is 0 Å². The van der Waals surface area contributed by atoms with Crippen molar-refractivity contribution >= 4 is 7.12 Å². The largest absolute Gasteiger partial charge is 0.605 e. The molecule has 0 N–H and O–H groups in total. The van der Waals surface area contributed by atoms with Gasteiger partial charge in [0.2, 0.25) is 0 Å². The Kier molecular flexibility index (Phi) is 2.55. The van der Waals surface area contributed by atoms with Crippen LogP contribution in [0.5, 0.6) is 11.5 Å². The molecule has 1 heterocycles. The van der Waals surface area contributed by atoms with Gasteiger partial charge in [0.25, 0.3) is 0 Å². The van der Waals surface area contributed by atoms with E-state index in [-0.39, 0.29) is 12.4 Å².